The van der Waals surface area contributed by atoms with E-state index in [2.05, 4.69) is 9.97 Å². The lowest BCUT2D eigenvalue weighted by molar-refractivity contribution is -0.155. The molecule has 0 aromatic carbocycles. The van der Waals surface area contributed by atoms with Gasteiger partial charge in [-0.2, -0.15) is 13.2 Å². The third-order valence-electron chi connectivity index (χ3n) is 3.79. The number of nitrogens with one attached hydrogen (secondary N) is 1. The van der Waals surface area contributed by atoms with Crippen LogP contribution in [-0.2, 0) is 0 Å². The maximum absolute atomic E-state index is 13.4. The number of amides is 1. The van der Waals surface area contributed by atoms with Crippen LogP contribution in [0.1, 0.15) is 27.7 Å². The van der Waals surface area contributed by atoms with Gasteiger partial charge in [-0.15, -0.1) is 0 Å². The van der Waals surface area contributed by atoms with Crippen molar-refractivity contribution in [3.8, 4) is 0 Å². The van der Waals surface area contributed by atoms with E-state index in [-0.39, 0.29) is 5.56 Å². The lowest BCUT2D eigenvalue weighted by Crippen LogP contribution is -2.40. The Kier molecular flexibility index (Phi) is 4.45. The number of carbonyl (C=O) groups excluding carboxylic acids is 1. The molecule has 3 heterocycles. The summed E-state index contributed by atoms with van der Waals surface area (Å²) in [4.78, 5) is 32.5. The van der Waals surface area contributed by atoms with E-state index < -0.39 is 29.2 Å². The minimum absolute atomic E-state index is 0.238. The van der Waals surface area contributed by atoms with Crippen LogP contribution in [0.2, 0.25) is 0 Å². The molecule has 9 heteroatoms. The number of carbonyl (C=O) groups is 1. The molecule has 0 bridgehead atoms. The van der Waals surface area contributed by atoms with Crippen molar-refractivity contribution in [2.45, 2.75) is 19.1 Å². The highest BCUT2D eigenvalue weighted by atomic mass is 19.4. The zero-order valence-electron chi connectivity index (χ0n) is 13.5. The lowest BCUT2D eigenvalue weighted by Gasteiger charge is -2.21. The molecule has 0 aliphatic heterocycles. The van der Waals surface area contributed by atoms with Crippen molar-refractivity contribution in [2.75, 3.05) is 0 Å². The molecule has 0 spiro atoms. The minimum atomic E-state index is -4.75. The van der Waals surface area contributed by atoms with Gasteiger partial charge in [-0.05, 0) is 25.1 Å². The van der Waals surface area contributed by atoms with Crippen LogP contribution in [0.25, 0.3) is 5.65 Å². The number of alkyl halides is 3. The second-order valence-electron chi connectivity index (χ2n) is 5.57. The van der Waals surface area contributed by atoms with Gasteiger partial charge in [0.15, 0.2) is 6.04 Å². The SMILES string of the molecule is Cc1cccc2ncc(C(=O)N[C@@H](c3cccnc3)C(F)(F)F)c(=O)n12. The number of aryl methyl sites for hydroxylation is 1. The minimum Gasteiger partial charge on any atom is -0.336 e. The molecular weight excluding hydrogens is 349 g/mol. The summed E-state index contributed by atoms with van der Waals surface area (Å²) in [6, 6.07) is 5.10. The van der Waals surface area contributed by atoms with Crippen LogP contribution in [0.4, 0.5) is 13.2 Å². The summed E-state index contributed by atoms with van der Waals surface area (Å²) in [7, 11) is 0. The predicted molar refractivity (Wildman–Crippen MR) is 86.7 cm³/mol. The number of hydrogen-bond acceptors (Lipinski definition) is 4. The number of hydrogen-bond donors (Lipinski definition) is 1. The van der Waals surface area contributed by atoms with E-state index in [4.69, 9.17) is 0 Å². The molecule has 0 unspecified atom stereocenters. The molecule has 26 heavy (non-hydrogen) atoms. The van der Waals surface area contributed by atoms with Crippen molar-refractivity contribution in [3.63, 3.8) is 0 Å². The smallest absolute Gasteiger partial charge is 0.336 e. The number of aromatic nitrogens is 3. The normalized spacial score (nSPS) is 12.8. The number of pyridine rings is 2. The second kappa shape index (κ2) is 6.58. The summed E-state index contributed by atoms with van der Waals surface area (Å²) in [6.07, 6.45) is -1.45. The average Bonchev–Trinajstić information content (AvgIpc) is 2.59. The van der Waals surface area contributed by atoms with Gasteiger partial charge in [0.2, 0.25) is 0 Å². The van der Waals surface area contributed by atoms with Crippen LogP contribution in [0.15, 0.2) is 53.7 Å². The first-order chi connectivity index (χ1) is 12.3. The van der Waals surface area contributed by atoms with E-state index in [0.29, 0.717) is 11.3 Å². The van der Waals surface area contributed by atoms with Crippen LogP contribution in [0.3, 0.4) is 0 Å². The van der Waals surface area contributed by atoms with Crippen molar-refractivity contribution >= 4 is 11.6 Å². The quantitative estimate of drug-likeness (QED) is 0.776. The van der Waals surface area contributed by atoms with Crippen molar-refractivity contribution < 1.29 is 18.0 Å². The molecule has 3 aromatic rings. The van der Waals surface area contributed by atoms with Gasteiger partial charge in [-0.1, -0.05) is 12.1 Å². The van der Waals surface area contributed by atoms with Gasteiger partial charge in [0.25, 0.3) is 11.5 Å². The fourth-order valence-electron chi connectivity index (χ4n) is 2.54. The van der Waals surface area contributed by atoms with E-state index in [1.807, 2.05) is 5.32 Å². The summed E-state index contributed by atoms with van der Waals surface area (Å²) in [5.74, 6) is -1.16. The van der Waals surface area contributed by atoms with Crippen LogP contribution in [-0.4, -0.2) is 26.5 Å². The molecule has 0 fully saturated rings. The molecule has 6 nitrogen and oxygen atoms in total. The van der Waals surface area contributed by atoms with Crippen molar-refractivity contribution in [1.29, 1.82) is 0 Å². The van der Waals surface area contributed by atoms with Crippen molar-refractivity contribution in [2.24, 2.45) is 0 Å². The Balaban J connectivity index is 2.01. The van der Waals surface area contributed by atoms with Gasteiger partial charge in [-0.3, -0.25) is 19.0 Å². The molecule has 3 aromatic heterocycles. The molecule has 0 aliphatic rings. The molecule has 1 amide bonds. The third-order valence-corrected chi connectivity index (χ3v) is 3.79. The fraction of sp³-hybridized carbons (Fsp3) is 0.176. The Bertz CT molecular complexity index is 1020. The molecule has 0 radical (unpaired) electrons. The average molecular weight is 362 g/mol. The van der Waals surface area contributed by atoms with Gasteiger partial charge in [0, 0.05) is 29.8 Å². The summed E-state index contributed by atoms with van der Waals surface area (Å²) < 4.78 is 41.2. The lowest BCUT2D eigenvalue weighted by atomic mass is 10.1. The van der Waals surface area contributed by atoms with E-state index in [1.165, 1.54) is 22.7 Å². The number of rotatable bonds is 3. The highest BCUT2D eigenvalue weighted by Gasteiger charge is 2.42. The van der Waals surface area contributed by atoms with Crippen molar-refractivity contribution in [3.05, 3.63) is 76.1 Å². The van der Waals surface area contributed by atoms with Gasteiger partial charge in [0.05, 0.1) is 0 Å². The molecule has 0 aliphatic carbocycles. The topological polar surface area (TPSA) is 76.4 Å². The first kappa shape index (κ1) is 17.6. The zero-order valence-corrected chi connectivity index (χ0v) is 13.5. The van der Waals surface area contributed by atoms with Gasteiger partial charge in [-0.25, -0.2) is 4.98 Å². The molecule has 0 saturated carbocycles. The maximum Gasteiger partial charge on any atom is 0.412 e. The summed E-state index contributed by atoms with van der Waals surface area (Å²) in [5.41, 5.74) is -0.647. The number of halogens is 3. The maximum atomic E-state index is 13.4. The van der Waals surface area contributed by atoms with E-state index in [0.717, 1.165) is 12.4 Å². The first-order valence-corrected chi connectivity index (χ1v) is 7.54. The summed E-state index contributed by atoms with van der Waals surface area (Å²) >= 11 is 0. The highest BCUT2D eigenvalue weighted by Crippen LogP contribution is 2.32. The number of nitrogens with zero attached hydrogens (tertiary/aromatic N) is 3. The number of fused-ring (bicyclic) bond motifs is 1. The van der Waals surface area contributed by atoms with Crippen molar-refractivity contribution in [1.82, 2.24) is 19.7 Å². The molecule has 1 atom stereocenters. The Morgan fingerprint density at radius 3 is 2.62 bits per heavy atom. The summed E-state index contributed by atoms with van der Waals surface area (Å²) in [6.45, 7) is 1.63. The van der Waals surface area contributed by atoms with Crippen LogP contribution >= 0.6 is 0 Å². The highest BCUT2D eigenvalue weighted by molar-refractivity contribution is 5.94. The van der Waals surface area contributed by atoms with E-state index in [1.54, 1.807) is 25.1 Å². The van der Waals surface area contributed by atoms with Crippen LogP contribution in [0, 0.1) is 6.92 Å². The summed E-state index contributed by atoms with van der Waals surface area (Å²) in [5, 5.41) is 1.86. The standard InChI is InChI=1S/C17H13F3N4O2/c1-10-4-2-6-13-22-9-12(16(26)24(10)13)15(25)23-14(17(18,19)20)11-5-3-7-21-8-11/h2-9,14H,1H3,(H,23,25)/t14-/m0/s1. The van der Waals surface area contributed by atoms with E-state index in [9.17, 15) is 22.8 Å². The van der Waals surface area contributed by atoms with E-state index >= 15 is 0 Å². The van der Waals surface area contributed by atoms with Gasteiger partial charge >= 0.3 is 6.18 Å². The molecule has 3 rings (SSSR count). The third kappa shape index (κ3) is 3.28. The predicted octanol–water partition coefficient (Wildman–Crippen LogP) is 2.43. The Hall–Kier alpha value is -3.23. The van der Waals surface area contributed by atoms with Gasteiger partial charge < -0.3 is 5.32 Å². The Morgan fingerprint density at radius 2 is 1.96 bits per heavy atom. The molecular formula is C17H13F3N4O2. The Morgan fingerprint density at radius 1 is 1.19 bits per heavy atom. The second-order valence-corrected chi connectivity index (χ2v) is 5.57. The monoisotopic (exact) mass is 362 g/mol. The molecule has 134 valence electrons. The molecule has 1 N–H and O–H groups in total. The first-order valence-electron chi connectivity index (χ1n) is 7.54. The largest absolute Gasteiger partial charge is 0.412 e. The zero-order chi connectivity index (χ0) is 18.9. The fourth-order valence-corrected chi connectivity index (χ4v) is 2.54. The van der Waals surface area contributed by atoms with Gasteiger partial charge in [0.1, 0.15) is 11.2 Å². The Labute approximate surface area is 145 Å². The van der Waals surface area contributed by atoms with Crippen LogP contribution in [0.5, 0.6) is 0 Å². The molecule has 0 saturated heterocycles. The van der Waals surface area contributed by atoms with Crippen LogP contribution < -0.4 is 10.9 Å².